The number of hydrogen-bond acceptors (Lipinski definition) is 2. The summed E-state index contributed by atoms with van der Waals surface area (Å²) < 4.78 is 5.47. The van der Waals surface area contributed by atoms with Crippen LogP contribution in [0.1, 0.15) is 0 Å². The molecule has 0 nitrogen and oxygen atoms in total. The van der Waals surface area contributed by atoms with Crippen molar-refractivity contribution < 1.29 is 0 Å². The second-order valence-electron chi connectivity index (χ2n) is 14.3. The van der Waals surface area contributed by atoms with Crippen molar-refractivity contribution in [2.75, 3.05) is 0 Å². The Morgan fingerprint density at radius 3 is 1.46 bits per heavy atom. The first-order valence-corrected chi connectivity index (χ1v) is 20.1. The molecule has 250 valence electrons. The van der Waals surface area contributed by atoms with E-state index in [0.717, 1.165) is 0 Å². The van der Waals surface area contributed by atoms with Crippen LogP contribution in [-0.4, -0.2) is 0 Å². The van der Waals surface area contributed by atoms with E-state index in [4.69, 9.17) is 0 Å². The predicted molar refractivity (Wildman–Crippen MR) is 239 cm³/mol. The van der Waals surface area contributed by atoms with Crippen molar-refractivity contribution >= 4 is 106 Å². The molecule has 0 aliphatic carbocycles. The smallest absolute Gasteiger partial charge is 0.0455 e. The van der Waals surface area contributed by atoms with Gasteiger partial charge in [-0.15, -0.1) is 22.7 Å². The molecular weight excluding hydrogens is 689 g/mol. The van der Waals surface area contributed by atoms with Gasteiger partial charge < -0.3 is 0 Å². The molecule has 12 aromatic rings. The first-order chi connectivity index (χ1) is 26.8. The van der Waals surface area contributed by atoms with Gasteiger partial charge in [0.2, 0.25) is 0 Å². The van der Waals surface area contributed by atoms with Crippen LogP contribution >= 0.6 is 22.7 Å². The Hall–Kier alpha value is -6.32. The van der Waals surface area contributed by atoms with E-state index in [1.165, 1.54) is 117 Å². The Bertz CT molecular complexity index is 3430. The van der Waals surface area contributed by atoms with E-state index in [0.29, 0.717) is 0 Å². The maximum Gasteiger partial charge on any atom is 0.0455 e. The fraction of sp³-hybridized carbons (Fsp3) is 0. The number of benzene rings is 10. The minimum Gasteiger partial charge on any atom is -0.134 e. The molecular formula is C52H30S2. The standard InChI is InChI=1S/C52H30S2/c1-2-14-31(15-3-1)47-36-18-6-8-20-38(36)48(39-21-9-7-19-37(39)47)41-29-28-33(34-16-4-5-17-35(34)41)32-26-27-44-46(30-32)54-51-42-23-11-10-22-40(42)49-43-24-12-13-25-45(43)53-52(49)50(44)51/h1-30H. The van der Waals surface area contributed by atoms with Crippen LogP contribution in [0.4, 0.5) is 0 Å². The Balaban J connectivity index is 1.10. The van der Waals surface area contributed by atoms with Gasteiger partial charge in [0.25, 0.3) is 0 Å². The lowest BCUT2D eigenvalue weighted by Gasteiger charge is -2.19. The third-order valence-electron chi connectivity index (χ3n) is 11.5. The maximum absolute atomic E-state index is 2.44. The Morgan fingerprint density at radius 1 is 0.259 bits per heavy atom. The summed E-state index contributed by atoms with van der Waals surface area (Å²) in [7, 11) is 0. The van der Waals surface area contributed by atoms with Gasteiger partial charge in [0.1, 0.15) is 0 Å². The van der Waals surface area contributed by atoms with E-state index in [1.54, 1.807) is 0 Å². The lowest BCUT2D eigenvalue weighted by Crippen LogP contribution is -1.92. The van der Waals surface area contributed by atoms with E-state index in [1.807, 2.05) is 22.7 Å². The average Bonchev–Trinajstić information content (AvgIpc) is 3.82. The van der Waals surface area contributed by atoms with Crippen LogP contribution in [0.25, 0.3) is 117 Å². The van der Waals surface area contributed by atoms with Crippen LogP contribution < -0.4 is 0 Å². The van der Waals surface area contributed by atoms with E-state index < -0.39 is 0 Å². The summed E-state index contributed by atoms with van der Waals surface area (Å²) in [5.41, 5.74) is 7.62. The van der Waals surface area contributed by atoms with Crippen LogP contribution in [0, 0.1) is 0 Å². The number of hydrogen-bond donors (Lipinski definition) is 0. The van der Waals surface area contributed by atoms with Gasteiger partial charge >= 0.3 is 0 Å². The quantitative estimate of drug-likeness (QED) is 0.160. The second kappa shape index (κ2) is 11.6. The molecule has 0 aliphatic heterocycles. The maximum atomic E-state index is 2.44. The molecule has 0 saturated heterocycles. The van der Waals surface area contributed by atoms with Crippen LogP contribution in [-0.2, 0) is 0 Å². The number of thiophene rings is 2. The average molecular weight is 719 g/mol. The Labute approximate surface area is 319 Å². The zero-order valence-corrected chi connectivity index (χ0v) is 30.8. The summed E-state index contributed by atoms with van der Waals surface area (Å²) in [5, 5.41) is 15.8. The van der Waals surface area contributed by atoms with E-state index in [2.05, 4.69) is 182 Å². The van der Waals surface area contributed by atoms with Gasteiger partial charge in [0.05, 0.1) is 0 Å². The predicted octanol–water partition coefficient (Wildman–Crippen LogP) is 16.0. The number of rotatable bonds is 3. The van der Waals surface area contributed by atoms with Crippen molar-refractivity contribution in [2.24, 2.45) is 0 Å². The van der Waals surface area contributed by atoms with Crippen LogP contribution in [0.2, 0.25) is 0 Å². The molecule has 0 fully saturated rings. The van der Waals surface area contributed by atoms with Gasteiger partial charge in [-0.1, -0.05) is 170 Å². The molecule has 0 N–H and O–H groups in total. The van der Waals surface area contributed by atoms with Gasteiger partial charge in [0, 0.05) is 45.7 Å². The molecule has 0 unspecified atom stereocenters. The van der Waals surface area contributed by atoms with E-state index in [-0.39, 0.29) is 0 Å². The van der Waals surface area contributed by atoms with Crippen molar-refractivity contribution in [3.8, 4) is 33.4 Å². The normalized spacial score (nSPS) is 12.1. The van der Waals surface area contributed by atoms with Crippen molar-refractivity contribution in [2.45, 2.75) is 0 Å². The highest BCUT2D eigenvalue weighted by Crippen LogP contribution is 2.51. The van der Waals surface area contributed by atoms with Crippen LogP contribution in [0.3, 0.4) is 0 Å². The van der Waals surface area contributed by atoms with E-state index >= 15 is 0 Å². The third-order valence-corrected chi connectivity index (χ3v) is 13.8. The molecule has 2 heterocycles. The molecule has 0 spiro atoms. The van der Waals surface area contributed by atoms with E-state index in [9.17, 15) is 0 Å². The highest BCUT2D eigenvalue weighted by molar-refractivity contribution is 7.30. The second-order valence-corrected chi connectivity index (χ2v) is 16.4. The van der Waals surface area contributed by atoms with Crippen LogP contribution in [0.15, 0.2) is 182 Å². The number of fused-ring (bicyclic) bond motifs is 13. The fourth-order valence-electron chi connectivity index (χ4n) is 9.17. The fourth-order valence-corrected chi connectivity index (χ4v) is 11.8. The molecule has 0 saturated carbocycles. The molecule has 10 aromatic carbocycles. The molecule has 0 bridgehead atoms. The Kier molecular flexibility index (Phi) is 6.48. The SMILES string of the molecule is c1ccc(-c2c3ccccc3c(-c3ccc(-c4ccc5c(c4)sc4c6ccccc6c6c7ccccc7sc6c54)c4ccccc34)c3ccccc23)cc1. The van der Waals surface area contributed by atoms with Gasteiger partial charge in [-0.2, -0.15) is 0 Å². The van der Waals surface area contributed by atoms with Gasteiger partial charge in [-0.25, -0.2) is 0 Å². The third kappa shape index (κ3) is 4.24. The highest BCUT2D eigenvalue weighted by atomic mass is 32.1. The van der Waals surface area contributed by atoms with Crippen molar-refractivity contribution in [1.82, 2.24) is 0 Å². The minimum atomic E-state index is 1.24. The lowest BCUT2D eigenvalue weighted by atomic mass is 9.84. The molecule has 0 atom stereocenters. The van der Waals surface area contributed by atoms with Crippen LogP contribution in [0.5, 0.6) is 0 Å². The zero-order valence-electron chi connectivity index (χ0n) is 29.1. The lowest BCUT2D eigenvalue weighted by molar-refractivity contribution is 1.66. The summed E-state index contributed by atoms with van der Waals surface area (Å²) in [4.78, 5) is 0. The van der Waals surface area contributed by atoms with Gasteiger partial charge in [0.15, 0.2) is 0 Å². The summed E-state index contributed by atoms with van der Waals surface area (Å²) in [5.74, 6) is 0. The monoisotopic (exact) mass is 718 g/mol. The van der Waals surface area contributed by atoms with Crippen molar-refractivity contribution in [3.05, 3.63) is 182 Å². The first kappa shape index (κ1) is 30.2. The minimum absolute atomic E-state index is 1.24. The van der Waals surface area contributed by atoms with Crippen molar-refractivity contribution in [1.29, 1.82) is 0 Å². The molecule has 54 heavy (non-hydrogen) atoms. The molecule has 2 aromatic heterocycles. The summed E-state index contributed by atoms with van der Waals surface area (Å²) in [6.07, 6.45) is 0. The Morgan fingerprint density at radius 2 is 0.759 bits per heavy atom. The summed E-state index contributed by atoms with van der Waals surface area (Å²) >= 11 is 3.87. The van der Waals surface area contributed by atoms with Gasteiger partial charge in [-0.05, 0) is 83.2 Å². The molecule has 12 rings (SSSR count). The van der Waals surface area contributed by atoms with Crippen molar-refractivity contribution in [3.63, 3.8) is 0 Å². The summed E-state index contributed by atoms with van der Waals surface area (Å²) in [6, 6.07) is 67.5. The molecule has 0 amide bonds. The first-order valence-electron chi connectivity index (χ1n) is 18.5. The summed E-state index contributed by atoms with van der Waals surface area (Å²) in [6.45, 7) is 0. The van der Waals surface area contributed by atoms with Gasteiger partial charge in [-0.3, -0.25) is 0 Å². The topological polar surface area (TPSA) is 0 Å². The molecule has 0 radical (unpaired) electrons. The highest BCUT2D eigenvalue weighted by Gasteiger charge is 2.21. The largest absolute Gasteiger partial charge is 0.134 e. The zero-order chi connectivity index (χ0) is 35.3. The molecule has 2 heteroatoms. The molecule has 0 aliphatic rings.